The Balaban J connectivity index is 1.92. The van der Waals surface area contributed by atoms with Crippen LogP contribution in [0.4, 0.5) is 5.69 Å². The van der Waals surface area contributed by atoms with Gasteiger partial charge in [-0.25, -0.2) is 14.4 Å². The molecule has 0 spiro atoms. The van der Waals surface area contributed by atoms with Gasteiger partial charge in [-0.2, -0.15) is 0 Å². The summed E-state index contributed by atoms with van der Waals surface area (Å²) >= 11 is 0. The van der Waals surface area contributed by atoms with Crippen LogP contribution in [0.2, 0.25) is 0 Å². The standard InChI is InChI=1S/C18H18N2O8/c21-14-6-9-5-13(18(27)28)20(12(9)7-15(14)22)2-1-8-3-10(16(23)24)19-11(4-8)17(25)26/h1,3,6-7,11,13,19,21-22H,2,4-5H2,(H,23,24)(H,25,26)(H,27,28)/b8-1+/t11-,13+/m1/s1. The number of nitrogens with one attached hydrogen (secondary N) is 1. The van der Waals surface area contributed by atoms with Gasteiger partial charge in [0.15, 0.2) is 11.5 Å². The summed E-state index contributed by atoms with van der Waals surface area (Å²) in [6, 6.07) is 0.534. The van der Waals surface area contributed by atoms with Crippen molar-refractivity contribution in [2.45, 2.75) is 24.9 Å². The van der Waals surface area contributed by atoms with Gasteiger partial charge >= 0.3 is 17.9 Å². The number of aromatic hydroxyl groups is 2. The van der Waals surface area contributed by atoms with Crippen LogP contribution in [0.1, 0.15) is 12.0 Å². The minimum Gasteiger partial charge on any atom is -0.504 e. The maximum Gasteiger partial charge on any atom is 0.351 e. The lowest BCUT2D eigenvalue weighted by molar-refractivity contribution is -0.140. The number of fused-ring (bicyclic) bond motifs is 1. The smallest absolute Gasteiger partial charge is 0.351 e. The van der Waals surface area contributed by atoms with Gasteiger partial charge in [0.25, 0.3) is 0 Å². The fraction of sp³-hybridized carbons (Fsp3) is 0.278. The molecule has 0 fully saturated rings. The highest BCUT2D eigenvalue weighted by molar-refractivity contribution is 5.89. The summed E-state index contributed by atoms with van der Waals surface area (Å²) in [7, 11) is 0. The molecule has 0 aromatic heterocycles. The van der Waals surface area contributed by atoms with E-state index in [1.165, 1.54) is 23.1 Å². The molecule has 0 radical (unpaired) electrons. The van der Waals surface area contributed by atoms with Gasteiger partial charge in [0.2, 0.25) is 0 Å². The topological polar surface area (TPSA) is 168 Å². The van der Waals surface area contributed by atoms with Crippen molar-refractivity contribution in [3.63, 3.8) is 0 Å². The predicted molar refractivity (Wildman–Crippen MR) is 95.2 cm³/mol. The highest BCUT2D eigenvalue weighted by Gasteiger charge is 2.35. The van der Waals surface area contributed by atoms with Crippen molar-refractivity contribution >= 4 is 23.6 Å². The van der Waals surface area contributed by atoms with E-state index < -0.39 is 30.0 Å². The van der Waals surface area contributed by atoms with E-state index in [-0.39, 0.29) is 36.6 Å². The van der Waals surface area contributed by atoms with Gasteiger partial charge in [0.05, 0.1) is 0 Å². The lowest BCUT2D eigenvalue weighted by Gasteiger charge is -2.25. The number of hydrogen-bond donors (Lipinski definition) is 6. The first kappa shape index (κ1) is 19.1. The number of carbonyl (C=O) groups is 3. The average molecular weight is 390 g/mol. The van der Waals surface area contributed by atoms with E-state index in [9.17, 15) is 34.8 Å². The second kappa shape index (κ2) is 7.14. The third-order valence-electron chi connectivity index (χ3n) is 4.74. The number of hydrogen-bond acceptors (Lipinski definition) is 7. The van der Waals surface area contributed by atoms with Crippen molar-refractivity contribution in [1.29, 1.82) is 0 Å². The summed E-state index contributed by atoms with van der Waals surface area (Å²) in [6.07, 6.45) is 3.03. The molecule has 2 aliphatic rings. The molecule has 0 bridgehead atoms. The van der Waals surface area contributed by atoms with E-state index in [4.69, 9.17) is 5.11 Å². The largest absolute Gasteiger partial charge is 0.504 e. The van der Waals surface area contributed by atoms with Crippen molar-refractivity contribution in [3.05, 3.63) is 41.1 Å². The second-order valence-corrected chi connectivity index (χ2v) is 6.56. The van der Waals surface area contributed by atoms with Crippen LogP contribution in [0, 0.1) is 0 Å². The van der Waals surface area contributed by atoms with E-state index in [0.717, 1.165) is 0 Å². The van der Waals surface area contributed by atoms with Crippen LogP contribution in [0.25, 0.3) is 0 Å². The van der Waals surface area contributed by atoms with E-state index in [1.807, 2.05) is 0 Å². The number of allylic oxidation sites excluding steroid dienone is 1. The van der Waals surface area contributed by atoms with Crippen molar-refractivity contribution in [2.75, 3.05) is 11.4 Å². The molecule has 2 aliphatic heterocycles. The first-order chi connectivity index (χ1) is 13.2. The Morgan fingerprint density at radius 1 is 1.07 bits per heavy atom. The van der Waals surface area contributed by atoms with Crippen LogP contribution in [-0.4, -0.2) is 62.1 Å². The number of benzene rings is 1. The Labute approximate surface area is 158 Å². The molecular weight excluding hydrogens is 372 g/mol. The summed E-state index contributed by atoms with van der Waals surface area (Å²) in [5.41, 5.74) is 1.16. The number of carboxylic acid groups (broad SMARTS) is 3. The number of phenolic OH excluding ortho intramolecular Hbond substituents is 2. The lowest BCUT2D eigenvalue weighted by atomic mass is 9.99. The van der Waals surface area contributed by atoms with Crippen molar-refractivity contribution < 1.29 is 39.9 Å². The van der Waals surface area contributed by atoms with Gasteiger partial charge < -0.3 is 35.7 Å². The van der Waals surface area contributed by atoms with Gasteiger partial charge in [0, 0.05) is 31.1 Å². The van der Waals surface area contributed by atoms with E-state index in [0.29, 0.717) is 16.8 Å². The molecule has 0 saturated heterocycles. The van der Waals surface area contributed by atoms with Crippen LogP contribution in [0.3, 0.4) is 0 Å². The number of carboxylic acids is 3. The molecule has 10 heteroatoms. The van der Waals surface area contributed by atoms with Gasteiger partial charge in [0.1, 0.15) is 17.8 Å². The minimum absolute atomic E-state index is 0.0331. The van der Waals surface area contributed by atoms with Crippen LogP contribution in [0.5, 0.6) is 11.5 Å². The Morgan fingerprint density at radius 3 is 2.36 bits per heavy atom. The van der Waals surface area contributed by atoms with Crippen molar-refractivity contribution in [2.24, 2.45) is 0 Å². The molecule has 0 saturated carbocycles. The van der Waals surface area contributed by atoms with Crippen molar-refractivity contribution in [3.8, 4) is 11.5 Å². The molecule has 28 heavy (non-hydrogen) atoms. The van der Waals surface area contributed by atoms with Gasteiger partial charge in [-0.3, -0.25) is 0 Å². The fourth-order valence-corrected chi connectivity index (χ4v) is 3.36. The number of anilines is 1. The molecule has 0 amide bonds. The van der Waals surface area contributed by atoms with Crippen LogP contribution >= 0.6 is 0 Å². The maximum atomic E-state index is 11.6. The summed E-state index contributed by atoms with van der Waals surface area (Å²) in [5.74, 6) is -4.33. The first-order valence-corrected chi connectivity index (χ1v) is 8.35. The number of aliphatic carboxylic acids is 3. The molecule has 3 rings (SSSR count). The molecule has 0 unspecified atom stereocenters. The molecule has 0 aliphatic carbocycles. The maximum absolute atomic E-state index is 11.6. The highest BCUT2D eigenvalue weighted by atomic mass is 16.4. The quantitative estimate of drug-likeness (QED) is 0.384. The summed E-state index contributed by atoms with van der Waals surface area (Å²) in [4.78, 5) is 35.6. The summed E-state index contributed by atoms with van der Waals surface area (Å²) in [6.45, 7) is 0.0548. The zero-order valence-corrected chi connectivity index (χ0v) is 14.5. The summed E-state index contributed by atoms with van der Waals surface area (Å²) < 4.78 is 0. The average Bonchev–Trinajstić information content (AvgIpc) is 2.97. The normalized spacial score (nSPS) is 22.4. The molecule has 10 nitrogen and oxygen atoms in total. The Kier molecular flexibility index (Phi) is 4.87. The van der Waals surface area contributed by atoms with E-state index >= 15 is 0 Å². The Bertz CT molecular complexity index is 920. The van der Waals surface area contributed by atoms with Crippen LogP contribution < -0.4 is 10.2 Å². The molecule has 1 aromatic rings. The minimum atomic E-state index is -1.30. The first-order valence-electron chi connectivity index (χ1n) is 8.35. The number of rotatable bonds is 5. The molecule has 148 valence electrons. The summed E-state index contributed by atoms with van der Waals surface area (Å²) in [5, 5.41) is 49.6. The predicted octanol–water partition coefficient (Wildman–Crippen LogP) is 0.255. The SMILES string of the molecule is O=C(O)C1=C/C(=C\CN2c3cc(O)c(O)cc3C[C@H]2C(=O)O)C[C@H](C(=O)O)N1. The van der Waals surface area contributed by atoms with Gasteiger partial charge in [-0.1, -0.05) is 6.08 Å². The lowest BCUT2D eigenvalue weighted by Crippen LogP contribution is -2.41. The van der Waals surface area contributed by atoms with Crippen molar-refractivity contribution in [1.82, 2.24) is 5.32 Å². The van der Waals surface area contributed by atoms with Crippen LogP contribution in [-0.2, 0) is 20.8 Å². The van der Waals surface area contributed by atoms with E-state index in [2.05, 4.69) is 5.32 Å². The highest BCUT2D eigenvalue weighted by Crippen LogP contribution is 2.39. The third kappa shape index (κ3) is 3.56. The fourth-order valence-electron chi connectivity index (χ4n) is 3.36. The molecule has 1 aromatic carbocycles. The van der Waals surface area contributed by atoms with Gasteiger partial charge in [-0.05, 0) is 23.3 Å². The zero-order valence-electron chi connectivity index (χ0n) is 14.5. The Morgan fingerprint density at radius 2 is 1.75 bits per heavy atom. The third-order valence-corrected chi connectivity index (χ3v) is 4.74. The molecule has 6 N–H and O–H groups in total. The molecular formula is C18H18N2O8. The monoisotopic (exact) mass is 390 g/mol. The van der Waals surface area contributed by atoms with Crippen LogP contribution in [0.15, 0.2) is 35.6 Å². The zero-order chi connectivity index (χ0) is 20.6. The Hall–Kier alpha value is -3.69. The second-order valence-electron chi connectivity index (χ2n) is 6.56. The van der Waals surface area contributed by atoms with E-state index in [1.54, 1.807) is 6.08 Å². The number of phenols is 2. The number of nitrogens with zero attached hydrogens (tertiary/aromatic N) is 1. The van der Waals surface area contributed by atoms with Gasteiger partial charge in [-0.15, -0.1) is 0 Å². The molecule has 2 heterocycles. The molecule has 2 atom stereocenters.